The lowest BCUT2D eigenvalue weighted by Crippen LogP contribution is -2.16. The molecule has 2 nitrogen and oxygen atoms in total. The first kappa shape index (κ1) is 44.6. The highest BCUT2D eigenvalue weighted by Gasteiger charge is 2.31. The third-order valence-corrected chi connectivity index (χ3v) is 15.7. The fourth-order valence-corrected chi connectivity index (χ4v) is 11.3. The van der Waals surface area contributed by atoms with Crippen molar-refractivity contribution in [1.29, 1.82) is 0 Å². The number of fused-ring (bicyclic) bond motifs is 14. The van der Waals surface area contributed by atoms with Gasteiger partial charge in [-0.25, -0.2) is 0 Å². The maximum atomic E-state index is 2.65. The Bertz CT molecular complexity index is 3550. The van der Waals surface area contributed by atoms with Gasteiger partial charge in [0.15, 0.2) is 0 Å². The molecule has 7 aromatic carbocycles. The van der Waals surface area contributed by atoms with Gasteiger partial charge in [-0.05, 0) is 125 Å². The molecule has 0 N–H and O–H groups in total. The van der Waals surface area contributed by atoms with Crippen molar-refractivity contribution in [2.75, 3.05) is 0 Å². The Morgan fingerprint density at radius 2 is 0.529 bits per heavy atom. The van der Waals surface area contributed by atoms with E-state index in [-0.39, 0.29) is 32.5 Å². The van der Waals surface area contributed by atoms with Crippen molar-refractivity contribution in [3.8, 4) is 22.3 Å². The lowest BCUT2D eigenvalue weighted by Gasteiger charge is -2.26. The van der Waals surface area contributed by atoms with Crippen LogP contribution in [0.5, 0.6) is 0 Å². The zero-order valence-corrected chi connectivity index (χ0v) is 44.3. The second-order valence-corrected chi connectivity index (χ2v) is 26.9. The van der Waals surface area contributed by atoms with Gasteiger partial charge < -0.3 is 8.80 Å². The van der Waals surface area contributed by atoms with Crippen LogP contribution in [-0.2, 0) is 32.5 Å². The number of aromatic nitrogens is 2. The van der Waals surface area contributed by atoms with Gasteiger partial charge in [0.2, 0.25) is 0 Å². The van der Waals surface area contributed by atoms with Crippen LogP contribution in [0.25, 0.3) is 98.4 Å². The van der Waals surface area contributed by atoms with E-state index in [1.807, 2.05) is 0 Å². The molecule has 0 radical (unpaired) electrons. The summed E-state index contributed by atoms with van der Waals surface area (Å²) in [6, 6.07) is 44.1. The van der Waals surface area contributed by atoms with Crippen molar-refractivity contribution in [3.05, 3.63) is 143 Å². The molecule has 0 saturated carbocycles. The Morgan fingerprint density at radius 1 is 0.235 bits per heavy atom. The maximum absolute atomic E-state index is 2.65. The fourth-order valence-electron chi connectivity index (χ4n) is 11.3. The number of hydrogen-bond donors (Lipinski definition) is 0. The minimum absolute atomic E-state index is 0.00746. The van der Waals surface area contributed by atoms with Crippen molar-refractivity contribution in [1.82, 2.24) is 8.80 Å². The van der Waals surface area contributed by atoms with Crippen LogP contribution in [0.15, 0.2) is 109 Å². The average molecular weight is 893 g/mol. The van der Waals surface area contributed by atoms with Gasteiger partial charge in [-0.15, -0.1) is 0 Å². The molecule has 11 rings (SSSR count). The smallest absolute Gasteiger partial charge is 0.0634 e. The molecule has 4 heterocycles. The summed E-state index contributed by atoms with van der Waals surface area (Å²) in [5, 5.41) is 10.8. The number of rotatable bonds is 2. The van der Waals surface area contributed by atoms with E-state index in [1.54, 1.807) is 0 Å². The van der Waals surface area contributed by atoms with Crippen molar-refractivity contribution in [3.63, 3.8) is 0 Å². The highest BCUT2D eigenvalue weighted by molar-refractivity contribution is 6.45. The molecule has 346 valence electrons. The summed E-state index contributed by atoms with van der Waals surface area (Å²) in [4.78, 5) is 0. The highest BCUT2D eigenvalue weighted by Crippen LogP contribution is 2.53. The molecule has 0 aliphatic heterocycles. The Morgan fingerprint density at radius 3 is 0.824 bits per heavy atom. The fraction of sp³-hybridized carbons (Fsp3) is 0.364. The minimum atomic E-state index is -0.00746. The van der Waals surface area contributed by atoms with Crippen LogP contribution in [0.2, 0.25) is 0 Å². The van der Waals surface area contributed by atoms with Gasteiger partial charge >= 0.3 is 0 Å². The third kappa shape index (κ3) is 6.63. The molecule has 0 bridgehead atoms. The van der Waals surface area contributed by atoms with Gasteiger partial charge in [-0.1, -0.05) is 197 Å². The van der Waals surface area contributed by atoms with Gasteiger partial charge in [0.25, 0.3) is 0 Å². The zero-order valence-electron chi connectivity index (χ0n) is 44.3. The predicted molar refractivity (Wildman–Crippen MR) is 299 cm³/mol. The van der Waals surface area contributed by atoms with Gasteiger partial charge in [0, 0.05) is 43.1 Å². The number of hydrogen-bond acceptors (Lipinski definition) is 0. The second kappa shape index (κ2) is 13.9. The van der Waals surface area contributed by atoms with E-state index in [2.05, 4.69) is 243 Å². The van der Waals surface area contributed by atoms with Crippen LogP contribution in [0.1, 0.15) is 158 Å². The number of nitrogens with zero attached hydrogens (tertiary/aromatic N) is 2. The van der Waals surface area contributed by atoms with Crippen LogP contribution in [0.4, 0.5) is 0 Å². The Balaban J connectivity index is 1.33. The summed E-state index contributed by atoms with van der Waals surface area (Å²) in [6.07, 6.45) is 0. The predicted octanol–water partition coefficient (Wildman–Crippen LogP) is 19.1. The quantitative estimate of drug-likeness (QED) is 0.163. The summed E-state index contributed by atoms with van der Waals surface area (Å²) in [6.45, 7) is 42.2. The van der Waals surface area contributed by atoms with Crippen LogP contribution in [0.3, 0.4) is 0 Å². The Kier molecular flexibility index (Phi) is 9.12. The van der Waals surface area contributed by atoms with Crippen LogP contribution in [0, 0.1) is 0 Å². The maximum Gasteiger partial charge on any atom is 0.0634 e. The molecule has 0 spiro atoms. The standard InChI is InChI=1S/C66H72N2/c1-61(2,3)41-21-25-51-49(35-41)57-55-47-23-19-38(40-29-45(65(13,14)15)34-46(30-40)66(16,17)18)32-54(47)68-52-26-22-42(62(4,5)6)36-50(52)58(60(55)68)56-48-24-20-37(31-53(48)67(51)59(56)57)39-27-43(63(7,8)9)33-44(28-39)64(10,11)12/h19-36H,1-18H3. The SMILES string of the molecule is CC(C)(C)c1cc(-c2ccc3c4c5c6cc(C(C)(C)C)ccc6n6c7cc(-c8cc(C(C)(C)C)cc(C(C)(C)C)c8)ccc7c(c7c8cc(C(C)(C)C)ccc8n(c3c2)c74)c56)cc(C(C)(C)C)c1. The molecule has 0 atom stereocenters. The van der Waals surface area contributed by atoms with E-state index in [4.69, 9.17) is 0 Å². The van der Waals surface area contributed by atoms with E-state index in [0.29, 0.717) is 0 Å². The minimum Gasteiger partial charge on any atom is -0.308 e. The molecule has 0 amide bonds. The Labute approximate surface area is 405 Å². The van der Waals surface area contributed by atoms with Gasteiger partial charge in [-0.2, -0.15) is 0 Å². The molecule has 0 aliphatic carbocycles. The average Bonchev–Trinajstić information content (AvgIpc) is 3.96. The molecule has 4 aromatic heterocycles. The molecule has 0 saturated heterocycles. The van der Waals surface area contributed by atoms with Crippen molar-refractivity contribution >= 4 is 76.2 Å². The molecule has 68 heavy (non-hydrogen) atoms. The molecule has 2 heteroatoms. The van der Waals surface area contributed by atoms with E-state index < -0.39 is 0 Å². The largest absolute Gasteiger partial charge is 0.308 e. The topological polar surface area (TPSA) is 8.82 Å². The summed E-state index contributed by atoms with van der Waals surface area (Å²) in [5.74, 6) is 0. The van der Waals surface area contributed by atoms with E-state index in [1.165, 1.54) is 132 Å². The molecule has 0 fully saturated rings. The summed E-state index contributed by atoms with van der Waals surface area (Å²) < 4.78 is 5.29. The highest BCUT2D eigenvalue weighted by atomic mass is 14.9. The van der Waals surface area contributed by atoms with Gasteiger partial charge in [0.1, 0.15) is 0 Å². The van der Waals surface area contributed by atoms with Gasteiger partial charge in [-0.3, -0.25) is 0 Å². The van der Waals surface area contributed by atoms with Crippen molar-refractivity contribution in [2.45, 2.75) is 157 Å². The Hall–Kier alpha value is -5.86. The molecule has 11 aromatic rings. The summed E-state index contributed by atoms with van der Waals surface area (Å²) in [5.41, 5.74) is 21.2. The molecular weight excluding hydrogens is 821 g/mol. The normalized spacial score (nSPS) is 14.0. The monoisotopic (exact) mass is 893 g/mol. The van der Waals surface area contributed by atoms with Crippen molar-refractivity contribution in [2.24, 2.45) is 0 Å². The zero-order chi connectivity index (χ0) is 48.7. The first-order valence-electron chi connectivity index (χ1n) is 25.3. The van der Waals surface area contributed by atoms with E-state index in [0.717, 1.165) is 0 Å². The second-order valence-electron chi connectivity index (χ2n) is 26.9. The van der Waals surface area contributed by atoms with Crippen LogP contribution >= 0.6 is 0 Å². The molecule has 0 unspecified atom stereocenters. The summed E-state index contributed by atoms with van der Waals surface area (Å²) in [7, 11) is 0. The van der Waals surface area contributed by atoms with E-state index in [9.17, 15) is 0 Å². The van der Waals surface area contributed by atoms with E-state index >= 15 is 0 Å². The molecular formula is C66H72N2. The first-order valence-corrected chi connectivity index (χ1v) is 25.3. The van der Waals surface area contributed by atoms with Gasteiger partial charge in [0.05, 0.1) is 33.1 Å². The van der Waals surface area contributed by atoms with Crippen LogP contribution < -0.4 is 0 Å². The van der Waals surface area contributed by atoms with Crippen molar-refractivity contribution < 1.29 is 0 Å². The third-order valence-electron chi connectivity index (χ3n) is 15.7. The lowest BCUT2D eigenvalue weighted by molar-refractivity contribution is 0.568. The summed E-state index contributed by atoms with van der Waals surface area (Å²) >= 11 is 0. The first-order chi connectivity index (χ1) is 31.5. The van der Waals surface area contributed by atoms with Crippen LogP contribution in [-0.4, -0.2) is 8.80 Å². The number of benzene rings is 7. The molecule has 0 aliphatic rings. The lowest BCUT2D eigenvalue weighted by atomic mass is 9.79.